The number of aromatic nitrogens is 2. The maximum Gasteiger partial charge on any atom is 0.135 e. The van der Waals surface area contributed by atoms with Crippen molar-refractivity contribution in [1.82, 2.24) is 9.78 Å². The number of rotatable bonds is 2. The molecule has 0 amide bonds. The monoisotopic (exact) mass is 365 g/mol. The SMILES string of the molecule is Fc1ccc(-c2nn(-c3cccc(Cl)c3Cl)c3c2CCN3)c(F)c1. The minimum Gasteiger partial charge on any atom is -0.369 e. The highest BCUT2D eigenvalue weighted by atomic mass is 35.5. The predicted molar refractivity (Wildman–Crippen MR) is 91.1 cm³/mol. The molecule has 0 radical (unpaired) electrons. The van der Waals surface area contributed by atoms with Gasteiger partial charge in [-0.05, 0) is 30.7 Å². The van der Waals surface area contributed by atoms with Gasteiger partial charge in [0, 0.05) is 23.7 Å². The normalized spacial score (nSPS) is 13.0. The van der Waals surface area contributed by atoms with Crippen molar-refractivity contribution in [2.45, 2.75) is 6.42 Å². The van der Waals surface area contributed by atoms with Crippen molar-refractivity contribution in [1.29, 1.82) is 0 Å². The molecule has 4 rings (SSSR count). The second-order valence-electron chi connectivity index (χ2n) is 5.46. The summed E-state index contributed by atoms with van der Waals surface area (Å²) in [7, 11) is 0. The average molecular weight is 366 g/mol. The molecule has 1 aliphatic rings. The van der Waals surface area contributed by atoms with Crippen LogP contribution in [0.5, 0.6) is 0 Å². The van der Waals surface area contributed by atoms with Crippen LogP contribution in [0.3, 0.4) is 0 Å². The molecule has 1 aromatic heterocycles. The van der Waals surface area contributed by atoms with E-state index in [0.29, 0.717) is 34.4 Å². The highest BCUT2D eigenvalue weighted by Gasteiger charge is 2.26. The van der Waals surface area contributed by atoms with Gasteiger partial charge in [0.05, 0.1) is 15.7 Å². The molecule has 7 heteroatoms. The summed E-state index contributed by atoms with van der Waals surface area (Å²) in [5.41, 5.74) is 2.21. The van der Waals surface area contributed by atoms with Gasteiger partial charge in [-0.1, -0.05) is 29.3 Å². The highest BCUT2D eigenvalue weighted by molar-refractivity contribution is 6.43. The lowest BCUT2D eigenvalue weighted by Gasteiger charge is -2.09. The lowest BCUT2D eigenvalue weighted by Crippen LogP contribution is -2.05. The first-order chi connectivity index (χ1) is 11.6. The Kier molecular flexibility index (Phi) is 3.70. The number of anilines is 1. The summed E-state index contributed by atoms with van der Waals surface area (Å²) in [6, 6.07) is 8.71. The van der Waals surface area contributed by atoms with Crippen LogP contribution >= 0.6 is 23.2 Å². The Labute approximate surface area is 146 Å². The molecule has 24 heavy (non-hydrogen) atoms. The van der Waals surface area contributed by atoms with E-state index < -0.39 is 11.6 Å². The third kappa shape index (κ3) is 2.36. The molecule has 1 N–H and O–H groups in total. The summed E-state index contributed by atoms with van der Waals surface area (Å²) in [5, 5.41) is 8.52. The van der Waals surface area contributed by atoms with E-state index in [0.717, 1.165) is 17.4 Å². The summed E-state index contributed by atoms with van der Waals surface area (Å²) in [5.74, 6) is -0.521. The molecule has 3 nitrogen and oxygen atoms in total. The largest absolute Gasteiger partial charge is 0.369 e. The first kappa shape index (κ1) is 15.4. The van der Waals surface area contributed by atoms with Gasteiger partial charge in [-0.2, -0.15) is 5.10 Å². The number of hydrogen-bond donors (Lipinski definition) is 1. The lowest BCUT2D eigenvalue weighted by molar-refractivity contribution is 0.585. The second kappa shape index (κ2) is 5.76. The third-order valence-electron chi connectivity index (χ3n) is 4.00. The number of benzene rings is 2. The van der Waals surface area contributed by atoms with Gasteiger partial charge in [0.25, 0.3) is 0 Å². The molecule has 0 bridgehead atoms. The molecular weight excluding hydrogens is 355 g/mol. The Balaban J connectivity index is 1.94. The van der Waals surface area contributed by atoms with Crippen LogP contribution in [-0.4, -0.2) is 16.3 Å². The summed E-state index contributed by atoms with van der Waals surface area (Å²) in [6.45, 7) is 0.710. The zero-order chi connectivity index (χ0) is 16.8. The van der Waals surface area contributed by atoms with E-state index in [9.17, 15) is 8.78 Å². The van der Waals surface area contributed by atoms with Crippen molar-refractivity contribution in [3.05, 3.63) is 63.6 Å². The fraction of sp³-hybridized carbons (Fsp3) is 0.118. The van der Waals surface area contributed by atoms with Crippen LogP contribution in [0.4, 0.5) is 14.6 Å². The average Bonchev–Trinajstić information content (AvgIpc) is 3.13. The smallest absolute Gasteiger partial charge is 0.135 e. The number of nitrogens with one attached hydrogen (secondary N) is 1. The molecule has 0 saturated heterocycles. The Hall–Kier alpha value is -2.11. The molecule has 3 aromatic rings. The topological polar surface area (TPSA) is 29.9 Å². The molecule has 0 saturated carbocycles. The summed E-state index contributed by atoms with van der Waals surface area (Å²) < 4.78 is 29.0. The fourth-order valence-corrected chi connectivity index (χ4v) is 3.28. The van der Waals surface area contributed by atoms with Crippen LogP contribution in [0.25, 0.3) is 16.9 Å². The fourth-order valence-electron chi connectivity index (χ4n) is 2.90. The van der Waals surface area contributed by atoms with Crippen molar-refractivity contribution >= 4 is 29.0 Å². The summed E-state index contributed by atoms with van der Waals surface area (Å²) >= 11 is 12.4. The Bertz CT molecular complexity index is 953. The van der Waals surface area contributed by atoms with Crippen LogP contribution in [-0.2, 0) is 6.42 Å². The lowest BCUT2D eigenvalue weighted by atomic mass is 10.1. The van der Waals surface area contributed by atoms with Gasteiger partial charge in [-0.3, -0.25) is 0 Å². The van der Waals surface area contributed by atoms with Crippen LogP contribution < -0.4 is 5.32 Å². The number of fused-ring (bicyclic) bond motifs is 1. The molecule has 2 heterocycles. The minimum atomic E-state index is -0.647. The van der Waals surface area contributed by atoms with Gasteiger partial charge in [0.1, 0.15) is 23.1 Å². The zero-order valence-electron chi connectivity index (χ0n) is 12.3. The predicted octanol–water partition coefficient (Wildman–Crippen LogP) is 5.09. The third-order valence-corrected chi connectivity index (χ3v) is 4.81. The number of halogens is 4. The van der Waals surface area contributed by atoms with E-state index in [2.05, 4.69) is 10.4 Å². The minimum absolute atomic E-state index is 0.258. The van der Waals surface area contributed by atoms with Crippen molar-refractivity contribution in [3.63, 3.8) is 0 Å². The molecule has 0 unspecified atom stereocenters. The van der Waals surface area contributed by atoms with Crippen LogP contribution in [0.15, 0.2) is 36.4 Å². The number of nitrogens with zero attached hydrogens (tertiary/aromatic N) is 2. The van der Waals surface area contributed by atoms with E-state index in [4.69, 9.17) is 23.2 Å². The van der Waals surface area contributed by atoms with E-state index in [-0.39, 0.29) is 5.56 Å². The molecule has 122 valence electrons. The van der Waals surface area contributed by atoms with Gasteiger partial charge >= 0.3 is 0 Å². The molecule has 0 spiro atoms. The van der Waals surface area contributed by atoms with Crippen LogP contribution in [0, 0.1) is 11.6 Å². The molecule has 2 aromatic carbocycles. The van der Waals surface area contributed by atoms with Gasteiger partial charge in [-0.15, -0.1) is 0 Å². The number of hydrogen-bond acceptors (Lipinski definition) is 2. The van der Waals surface area contributed by atoms with Crippen LogP contribution in [0.2, 0.25) is 10.0 Å². The van der Waals surface area contributed by atoms with Gasteiger partial charge in [-0.25, -0.2) is 13.5 Å². The van der Waals surface area contributed by atoms with E-state index >= 15 is 0 Å². The van der Waals surface area contributed by atoms with Gasteiger partial charge < -0.3 is 5.32 Å². The van der Waals surface area contributed by atoms with Gasteiger partial charge in [0.2, 0.25) is 0 Å². The van der Waals surface area contributed by atoms with E-state index in [1.54, 1.807) is 22.9 Å². The molecule has 0 fully saturated rings. The maximum atomic E-state index is 14.2. The van der Waals surface area contributed by atoms with Crippen LogP contribution in [0.1, 0.15) is 5.56 Å². The quantitative estimate of drug-likeness (QED) is 0.685. The molecule has 0 atom stereocenters. The first-order valence-electron chi connectivity index (χ1n) is 7.32. The van der Waals surface area contributed by atoms with E-state index in [1.165, 1.54) is 12.1 Å². The Morgan fingerprint density at radius 2 is 1.96 bits per heavy atom. The van der Waals surface area contributed by atoms with Crippen molar-refractivity contribution in [3.8, 4) is 16.9 Å². The standard InChI is InChI=1S/C17H11Cl2F2N3/c18-12-2-1-3-14(15(12)19)24-17-11(6-7-22-17)16(23-24)10-5-4-9(20)8-13(10)21/h1-5,8,22H,6-7H2. The molecule has 1 aliphatic heterocycles. The maximum absolute atomic E-state index is 14.2. The molecular formula is C17H11Cl2F2N3. The Morgan fingerprint density at radius 3 is 2.75 bits per heavy atom. The highest BCUT2D eigenvalue weighted by Crippen LogP contribution is 2.38. The van der Waals surface area contributed by atoms with Crippen molar-refractivity contribution < 1.29 is 8.78 Å². The summed E-state index contributed by atoms with van der Waals surface area (Å²) in [4.78, 5) is 0. The van der Waals surface area contributed by atoms with Crippen molar-refractivity contribution in [2.75, 3.05) is 11.9 Å². The summed E-state index contributed by atoms with van der Waals surface area (Å²) in [6.07, 6.45) is 0.694. The molecule has 0 aliphatic carbocycles. The Morgan fingerprint density at radius 1 is 1.12 bits per heavy atom. The van der Waals surface area contributed by atoms with E-state index in [1.807, 2.05) is 0 Å². The first-order valence-corrected chi connectivity index (χ1v) is 8.07. The van der Waals surface area contributed by atoms with Gasteiger partial charge in [0.15, 0.2) is 0 Å². The zero-order valence-corrected chi connectivity index (χ0v) is 13.8. The second-order valence-corrected chi connectivity index (χ2v) is 6.25. The van der Waals surface area contributed by atoms with Crippen molar-refractivity contribution in [2.24, 2.45) is 0 Å².